The number of nitrogens with two attached hydrogens (primary N) is 1. The van der Waals surface area contributed by atoms with Crippen LogP contribution in [0.2, 0.25) is 5.02 Å². The third-order valence-electron chi connectivity index (χ3n) is 2.50. The summed E-state index contributed by atoms with van der Waals surface area (Å²) < 4.78 is 5.02. The third kappa shape index (κ3) is 4.76. The number of anilines is 1. The molecule has 0 heterocycles. The van der Waals surface area contributed by atoms with Crippen molar-refractivity contribution in [3.8, 4) is 0 Å². The molecule has 0 bridgehead atoms. The molecule has 1 aromatic carbocycles. The van der Waals surface area contributed by atoms with Gasteiger partial charge in [0.25, 0.3) is 0 Å². The second kappa shape index (κ2) is 6.96. The normalized spacial score (nSPS) is 11.9. The van der Waals surface area contributed by atoms with Crippen LogP contribution in [0.3, 0.4) is 0 Å². The average Bonchev–Trinajstić information content (AvgIpc) is 2.33. The van der Waals surface area contributed by atoms with Crippen molar-refractivity contribution in [3.05, 3.63) is 28.8 Å². The molecule has 1 amide bonds. The summed E-state index contributed by atoms with van der Waals surface area (Å²) in [6, 6.07) is 4.70. The number of primary amides is 1. The summed E-state index contributed by atoms with van der Waals surface area (Å²) in [5, 5.41) is 11.9. The summed E-state index contributed by atoms with van der Waals surface area (Å²) in [4.78, 5) is 21.6. The van der Waals surface area contributed by atoms with Crippen molar-refractivity contribution in [2.45, 2.75) is 12.5 Å². The molecule has 104 valence electrons. The topological polar surface area (TPSA) is 102 Å². The second-order valence-corrected chi connectivity index (χ2v) is 4.30. The predicted molar refractivity (Wildman–Crippen MR) is 71.5 cm³/mol. The lowest BCUT2D eigenvalue weighted by Gasteiger charge is -2.15. The van der Waals surface area contributed by atoms with E-state index in [9.17, 15) is 9.59 Å². The third-order valence-corrected chi connectivity index (χ3v) is 2.82. The molecule has 1 aromatic rings. The summed E-state index contributed by atoms with van der Waals surface area (Å²) in [5.74, 6) is -1.53. The van der Waals surface area contributed by atoms with Crippen molar-refractivity contribution in [1.82, 2.24) is 0 Å². The summed E-state index contributed by atoms with van der Waals surface area (Å²) in [6.07, 6.45) is -0.552. The summed E-state index contributed by atoms with van der Waals surface area (Å²) >= 11 is 5.89. The first-order valence-electron chi connectivity index (χ1n) is 5.52. The smallest absolute Gasteiger partial charge is 0.306 e. The Hall–Kier alpha value is -1.79. The fraction of sp³-hybridized carbons (Fsp3) is 0.333. The Balaban J connectivity index is 2.65. The van der Waals surface area contributed by atoms with E-state index in [2.05, 4.69) is 5.32 Å². The van der Waals surface area contributed by atoms with Crippen LogP contribution in [0.15, 0.2) is 18.2 Å². The van der Waals surface area contributed by atoms with Crippen molar-refractivity contribution in [1.29, 1.82) is 0 Å². The molecular formula is C12H15ClN2O4. The monoisotopic (exact) mass is 286 g/mol. The van der Waals surface area contributed by atoms with Gasteiger partial charge in [0.1, 0.15) is 0 Å². The minimum Gasteiger partial charge on any atom is -0.481 e. The minimum absolute atomic E-state index is 0.101. The van der Waals surface area contributed by atoms with Gasteiger partial charge in [-0.05, 0) is 18.2 Å². The van der Waals surface area contributed by atoms with Crippen LogP contribution in [-0.2, 0) is 9.53 Å². The number of carbonyl (C=O) groups excluding carboxylic acids is 1. The van der Waals surface area contributed by atoms with Crippen LogP contribution in [-0.4, -0.2) is 36.7 Å². The van der Waals surface area contributed by atoms with Crippen molar-refractivity contribution in [2.24, 2.45) is 5.73 Å². The molecule has 0 aliphatic heterocycles. The highest BCUT2D eigenvalue weighted by Crippen LogP contribution is 2.20. The Kier molecular flexibility index (Phi) is 5.59. The number of carboxylic acids is 1. The maximum absolute atomic E-state index is 11.0. The molecule has 7 heteroatoms. The molecule has 1 rings (SSSR count). The average molecular weight is 287 g/mol. The van der Waals surface area contributed by atoms with Crippen molar-refractivity contribution in [2.75, 3.05) is 19.0 Å². The lowest BCUT2D eigenvalue weighted by molar-refractivity contribution is -0.139. The van der Waals surface area contributed by atoms with E-state index < -0.39 is 18.0 Å². The molecule has 19 heavy (non-hydrogen) atoms. The van der Waals surface area contributed by atoms with Crippen molar-refractivity contribution >= 4 is 29.2 Å². The number of aliphatic carboxylic acids is 1. The molecule has 1 atom stereocenters. The van der Waals surface area contributed by atoms with E-state index >= 15 is 0 Å². The molecule has 6 nitrogen and oxygen atoms in total. The second-order valence-electron chi connectivity index (χ2n) is 3.90. The van der Waals surface area contributed by atoms with E-state index in [4.69, 9.17) is 27.2 Å². The van der Waals surface area contributed by atoms with Crippen molar-refractivity contribution in [3.63, 3.8) is 0 Å². The van der Waals surface area contributed by atoms with Gasteiger partial charge < -0.3 is 20.9 Å². The number of benzene rings is 1. The maximum Gasteiger partial charge on any atom is 0.306 e. The predicted octanol–water partition coefficient (Wildman–Crippen LogP) is 1.34. The zero-order valence-corrected chi connectivity index (χ0v) is 11.1. The van der Waals surface area contributed by atoms with Gasteiger partial charge in [-0.15, -0.1) is 0 Å². The van der Waals surface area contributed by atoms with Gasteiger partial charge in [-0.25, -0.2) is 0 Å². The number of halogens is 1. The first-order chi connectivity index (χ1) is 8.93. The number of methoxy groups -OCH3 is 1. The Morgan fingerprint density at radius 1 is 1.53 bits per heavy atom. The fourth-order valence-electron chi connectivity index (χ4n) is 1.49. The first kappa shape index (κ1) is 15.3. The molecule has 0 saturated carbocycles. The number of rotatable bonds is 7. The van der Waals surface area contributed by atoms with E-state index in [1.807, 2.05) is 0 Å². The highest BCUT2D eigenvalue weighted by Gasteiger charge is 2.12. The number of hydrogen-bond acceptors (Lipinski definition) is 4. The summed E-state index contributed by atoms with van der Waals surface area (Å²) in [5.41, 5.74) is 6.03. The quantitative estimate of drug-likeness (QED) is 0.702. The molecule has 0 radical (unpaired) electrons. The molecule has 0 aliphatic carbocycles. The molecule has 0 aromatic heterocycles. The van der Waals surface area contributed by atoms with E-state index in [-0.39, 0.29) is 17.0 Å². The highest BCUT2D eigenvalue weighted by molar-refractivity contribution is 6.34. The Morgan fingerprint density at radius 2 is 2.21 bits per heavy atom. The number of amides is 1. The Labute approximate surface area is 115 Å². The number of ether oxygens (including phenoxy) is 1. The van der Waals surface area contributed by atoms with Crippen LogP contribution >= 0.6 is 11.6 Å². The van der Waals surface area contributed by atoms with E-state index in [1.54, 1.807) is 12.1 Å². The van der Waals surface area contributed by atoms with Crippen LogP contribution < -0.4 is 11.1 Å². The van der Waals surface area contributed by atoms with Gasteiger partial charge in [-0.3, -0.25) is 9.59 Å². The van der Waals surface area contributed by atoms with E-state index in [1.165, 1.54) is 13.2 Å². The largest absolute Gasteiger partial charge is 0.481 e. The zero-order valence-electron chi connectivity index (χ0n) is 10.4. The zero-order chi connectivity index (χ0) is 14.4. The number of carboxylic acid groups (broad SMARTS) is 1. The number of hydrogen-bond donors (Lipinski definition) is 3. The lowest BCUT2D eigenvalue weighted by Crippen LogP contribution is -2.25. The van der Waals surface area contributed by atoms with Crippen LogP contribution in [0.1, 0.15) is 16.8 Å². The molecule has 0 saturated heterocycles. The van der Waals surface area contributed by atoms with Gasteiger partial charge in [-0.2, -0.15) is 0 Å². The van der Waals surface area contributed by atoms with Gasteiger partial charge in [0.2, 0.25) is 5.91 Å². The first-order valence-corrected chi connectivity index (χ1v) is 5.89. The molecule has 0 spiro atoms. The van der Waals surface area contributed by atoms with Gasteiger partial charge in [0, 0.05) is 19.3 Å². The van der Waals surface area contributed by atoms with Crippen LogP contribution in [0.4, 0.5) is 5.69 Å². The van der Waals surface area contributed by atoms with Gasteiger partial charge in [0.05, 0.1) is 23.1 Å². The van der Waals surface area contributed by atoms with E-state index in [0.29, 0.717) is 12.2 Å². The Bertz CT molecular complexity index is 479. The van der Waals surface area contributed by atoms with Crippen LogP contribution in [0.5, 0.6) is 0 Å². The molecule has 0 fully saturated rings. The van der Waals surface area contributed by atoms with Crippen LogP contribution in [0.25, 0.3) is 0 Å². The number of nitrogens with one attached hydrogen (secondary N) is 1. The van der Waals surface area contributed by atoms with Gasteiger partial charge in [0.15, 0.2) is 0 Å². The van der Waals surface area contributed by atoms with E-state index in [0.717, 1.165) is 0 Å². The molecular weight excluding hydrogens is 272 g/mol. The Morgan fingerprint density at radius 3 is 2.68 bits per heavy atom. The molecule has 1 unspecified atom stereocenters. The van der Waals surface area contributed by atoms with Crippen molar-refractivity contribution < 1.29 is 19.4 Å². The SMILES string of the molecule is COC(CNc1ccc(C(N)=O)c(Cl)c1)CC(=O)O. The summed E-state index contributed by atoms with van der Waals surface area (Å²) in [7, 11) is 1.44. The fourth-order valence-corrected chi connectivity index (χ4v) is 1.76. The van der Waals surface area contributed by atoms with Crippen LogP contribution in [0, 0.1) is 0 Å². The maximum atomic E-state index is 11.0. The molecule has 4 N–H and O–H groups in total. The minimum atomic E-state index is -0.934. The molecule has 0 aliphatic rings. The van der Waals surface area contributed by atoms with Gasteiger partial charge >= 0.3 is 5.97 Å². The summed E-state index contributed by atoms with van der Waals surface area (Å²) in [6.45, 7) is 0.315. The van der Waals surface area contributed by atoms with Gasteiger partial charge in [-0.1, -0.05) is 11.6 Å². The highest BCUT2D eigenvalue weighted by atomic mass is 35.5. The number of carbonyl (C=O) groups is 2. The standard InChI is InChI=1S/C12H15ClN2O4/c1-19-8(5-11(16)17)6-15-7-2-3-9(12(14)18)10(13)4-7/h2-4,8,15H,5-6H2,1H3,(H2,14,18)(H,16,17). The lowest BCUT2D eigenvalue weighted by atomic mass is 10.2.